The molecule has 0 spiro atoms. The fraction of sp³-hybridized carbons (Fsp3) is 0. The van der Waals surface area contributed by atoms with Crippen LogP contribution in [0.5, 0.6) is 0 Å². The van der Waals surface area contributed by atoms with Crippen molar-refractivity contribution in [2.45, 2.75) is 0 Å². The third kappa shape index (κ3) is 5.63. The minimum Gasteiger partial charge on any atom is -0.310 e. The Labute approximate surface area is 370 Å². The van der Waals surface area contributed by atoms with Gasteiger partial charge in [-0.2, -0.15) is 0 Å². The summed E-state index contributed by atoms with van der Waals surface area (Å²) in [4.78, 5) is 2.38. The minimum atomic E-state index is 1.08. The number of nitrogens with zero attached hydrogens (tertiary/aromatic N) is 4. The van der Waals surface area contributed by atoms with Gasteiger partial charge in [0.05, 0.1) is 33.1 Å². The molecule has 0 radical (unpaired) electrons. The fourth-order valence-electron chi connectivity index (χ4n) is 10.2. The highest BCUT2D eigenvalue weighted by molar-refractivity contribution is 6.13. The molecule has 4 nitrogen and oxygen atoms in total. The van der Waals surface area contributed by atoms with Crippen LogP contribution in [-0.2, 0) is 0 Å². The third-order valence-corrected chi connectivity index (χ3v) is 13.0. The van der Waals surface area contributed by atoms with Crippen LogP contribution in [0, 0.1) is 0 Å². The maximum absolute atomic E-state index is 2.43. The summed E-state index contributed by atoms with van der Waals surface area (Å²) in [7, 11) is 0. The second-order valence-corrected chi connectivity index (χ2v) is 16.6. The monoisotopic (exact) mass is 816 g/mol. The second kappa shape index (κ2) is 14.5. The van der Waals surface area contributed by atoms with Crippen LogP contribution in [0.15, 0.2) is 243 Å². The molecule has 13 rings (SSSR count). The Morgan fingerprint density at radius 3 is 1.09 bits per heavy atom. The zero-order chi connectivity index (χ0) is 42.1. The molecule has 300 valence electrons. The maximum atomic E-state index is 2.43. The van der Waals surface area contributed by atoms with Crippen LogP contribution in [0.25, 0.3) is 93.6 Å². The SMILES string of the molecule is c1ccc(N(c2cccc(-n3c4ccccc4c4cc(-c5ccc6c(c5)c5ccccc5n6-c5ccccc5)ccc43)c2)c2ccc3c(c2)c2ccccc2n3-c2ccccc2)cc1. The van der Waals surface area contributed by atoms with E-state index in [1.165, 1.54) is 82.2 Å². The second-order valence-electron chi connectivity index (χ2n) is 16.6. The van der Waals surface area contributed by atoms with Crippen molar-refractivity contribution in [1.82, 2.24) is 13.7 Å². The quantitative estimate of drug-likeness (QED) is 0.157. The van der Waals surface area contributed by atoms with Crippen molar-refractivity contribution in [3.05, 3.63) is 243 Å². The first-order chi connectivity index (χ1) is 31.8. The van der Waals surface area contributed by atoms with Crippen molar-refractivity contribution in [2.75, 3.05) is 4.90 Å². The van der Waals surface area contributed by atoms with Crippen molar-refractivity contribution in [3.8, 4) is 28.2 Å². The van der Waals surface area contributed by atoms with E-state index >= 15 is 0 Å². The lowest BCUT2D eigenvalue weighted by Gasteiger charge is -2.26. The first kappa shape index (κ1) is 36.1. The Bertz CT molecular complexity index is 3890. The molecule has 3 aromatic heterocycles. The van der Waals surface area contributed by atoms with Crippen molar-refractivity contribution in [2.24, 2.45) is 0 Å². The molecule has 0 atom stereocenters. The summed E-state index contributed by atoms with van der Waals surface area (Å²) < 4.78 is 7.17. The zero-order valence-electron chi connectivity index (χ0n) is 34.9. The van der Waals surface area contributed by atoms with Gasteiger partial charge in [0, 0.05) is 66.4 Å². The molecule has 0 aliphatic carbocycles. The third-order valence-electron chi connectivity index (χ3n) is 13.0. The van der Waals surface area contributed by atoms with Crippen LogP contribution in [0.4, 0.5) is 17.1 Å². The van der Waals surface area contributed by atoms with Gasteiger partial charge in [0.25, 0.3) is 0 Å². The van der Waals surface area contributed by atoms with E-state index in [1.807, 2.05) is 0 Å². The van der Waals surface area contributed by atoms with Crippen LogP contribution < -0.4 is 4.90 Å². The molecule has 0 unspecified atom stereocenters. The lowest BCUT2D eigenvalue weighted by Crippen LogP contribution is -2.10. The highest BCUT2D eigenvalue weighted by Crippen LogP contribution is 2.42. The van der Waals surface area contributed by atoms with Crippen molar-refractivity contribution in [3.63, 3.8) is 0 Å². The highest BCUT2D eigenvalue weighted by Gasteiger charge is 2.20. The van der Waals surface area contributed by atoms with E-state index in [0.717, 1.165) is 28.4 Å². The summed E-state index contributed by atoms with van der Waals surface area (Å²) >= 11 is 0. The Morgan fingerprint density at radius 1 is 0.219 bits per heavy atom. The Balaban J connectivity index is 0.950. The molecule has 10 aromatic carbocycles. The van der Waals surface area contributed by atoms with Crippen LogP contribution in [-0.4, -0.2) is 13.7 Å². The number of fused-ring (bicyclic) bond motifs is 9. The van der Waals surface area contributed by atoms with E-state index in [4.69, 9.17) is 0 Å². The number of anilines is 3. The minimum absolute atomic E-state index is 1.08. The molecule has 0 amide bonds. The number of hydrogen-bond acceptors (Lipinski definition) is 1. The predicted molar refractivity (Wildman–Crippen MR) is 270 cm³/mol. The molecule has 4 heteroatoms. The predicted octanol–water partition coefficient (Wildman–Crippen LogP) is 16.1. The molecule has 3 heterocycles. The van der Waals surface area contributed by atoms with Crippen molar-refractivity contribution < 1.29 is 0 Å². The molecular formula is C60H40N4. The summed E-state index contributed by atoms with van der Waals surface area (Å²) in [5.41, 5.74) is 16.2. The van der Waals surface area contributed by atoms with Crippen LogP contribution in [0.1, 0.15) is 0 Å². The summed E-state index contributed by atoms with van der Waals surface area (Å²) in [5, 5.41) is 7.41. The Hall–Kier alpha value is -8.60. The lowest BCUT2D eigenvalue weighted by molar-refractivity contribution is 1.17. The number of hydrogen-bond donors (Lipinski definition) is 0. The van der Waals surface area contributed by atoms with Gasteiger partial charge in [-0.15, -0.1) is 0 Å². The first-order valence-electron chi connectivity index (χ1n) is 21.9. The van der Waals surface area contributed by atoms with E-state index in [1.54, 1.807) is 0 Å². The molecule has 0 saturated heterocycles. The first-order valence-corrected chi connectivity index (χ1v) is 21.9. The van der Waals surface area contributed by atoms with Gasteiger partial charge >= 0.3 is 0 Å². The number of benzene rings is 10. The van der Waals surface area contributed by atoms with Gasteiger partial charge in [0.1, 0.15) is 0 Å². The van der Waals surface area contributed by atoms with E-state index in [0.29, 0.717) is 0 Å². The summed E-state index contributed by atoms with van der Waals surface area (Å²) in [6, 6.07) is 88.1. The molecule has 0 N–H and O–H groups in total. The normalized spacial score (nSPS) is 11.8. The molecule has 0 bridgehead atoms. The molecule has 0 aliphatic heterocycles. The summed E-state index contributed by atoms with van der Waals surface area (Å²) in [6.07, 6.45) is 0. The van der Waals surface area contributed by atoms with Gasteiger partial charge in [-0.25, -0.2) is 0 Å². The summed E-state index contributed by atoms with van der Waals surface area (Å²) in [6.45, 7) is 0. The number of para-hydroxylation sites is 6. The van der Waals surface area contributed by atoms with Crippen LogP contribution in [0.2, 0.25) is 0 Å². The number of rotatable bonds is 7. The van der Waals surface area contributed by atoms with Crippen molar-refractivity contribution in [1.29, 1.82) is 0 Å². The Kier molecular flexibility index (Phi) is 8.18. The molecular weight excluding hydrogens is 777 g/mol. The van der Waals surface area contributed by atoms with Gasteiger partial charge in [-0.05, 0) is 126 Å². The average Bonchev–Trinajstić information content (AvgIpc) is 4.00. The standard InChI is InChI=1S/C60H40N4/c1-4-17-43(18-5-1)61(48-33-36-60-54(40-48)51-27-12-14-29-56(51)63(60)45-21-8-3-9-22-45)46-23-16-24-47(39-46)64-57-30-15-11-26-50(57)53-38-42(32-35-59(53)64)41-31-34-58-52(37-41)49-25-10-13-28-55(49)62(58)44-19-6-2-7-20-44/h1-40H. The van der Waals surface area contributed by atoms with Crippen LogP contribution >= 0.6 is 0 Å². The van der Waals surface area contributed by atoms with E-state index < -0.39 is 0 Å². The van der Waals surface area contributed by atoms with Gasteiger partial charge in [0.2, 0.25) is 0 Å². The molecule has 0 fully saturated rings. The van der Waals surface area contributed by atoms with E-state index in [2.05, 4.69) is 261 Å². The van der Waals surface area contributed by atoms with Gasteiger partial charge in [-0.3, -0.25) is 0 Å². The summed E-state index contributed by atoms with van der Waals surface area (Å²) in [5.74, 6) is 0. The lowest BCUT2D eigenvalue weighted by atomic mass is 10.0. The van der Waals surface area contributed by atoms with E-state index in [-0.39, 0.29) is 0 Å². The van der Waals surface area contributed by atoms with E-state index in [9.17, 15) is 0 Å². The topological polar surface area (TPSA) is 18.0 Å². The number of aromatic nitrogens is 3. The van der Waals surface area contributed by atoms with Gasteiger partial charge < -0.3 is 18.6 Å². The molecule has 0 saturated carbocycles. The zero-order valence-corrected chi connectivity index (χ0v) is 34.9. The molecule has 13 aromatic rings. The molecule has 0 aliphatic rings. The Morgan fingerprint density at radius 2 is 0.578 bits per heavy atom. The maximum Gasteiger partial charge on any atom is 0.0542 e. The highest BCUT2D eigenvalue weighted by atomic mass is 15.1. The molecule has 64 heavy (non-hydrogen) atoms. The van der Waals surface area contributed by atoms with Crippen molar-refractivity contribution >= 4 is 82.5 Å². The smallest absolute Gasteiger partial charge is 0.0542 e. The largest absolute Gasteiger partial charge is 0.310 e. The average molecular weight is 817 g/mol. The fourth-order valence-corrected chi connectivity index (χ4v) is 10.2. The van der Waals surface area contributed by atoms with Crippen LogP contribution in [0.3, 0.4) is 0 Å². The van der Waals surface area contributed by atoms with Gasteiger partial charge in [0.15, 0.2) is 0 Å². The van der Waals surface area contributed by atoms with Gasteiger partial charge in [-0.1, -0.05) is 127 Å².